The van der Waals surface area contributed by atoms with Gasteiger partial charge in [0.25, 0.3) is 0 Å². The van der Waals surface area contributed by atoms with Crippen molar-refractivity contribution in [2.45, 2.75) is 32.9 Å². The zero-order valence-corrected chi connectivity index (χ0v) is 14.4. The van der Waals surface area contributed by atoms with E-state index in [-0.39, 0.29) is 0 Å². The van der Waals surface area contributed by atoms with E-state index in [1.807, 2.05) is 24.3 Å². The molecular formula is C19H21N5O. The molecule has 25 heavy (non-hydrogen) atoms. The van der Waals surface area contributed by atoms with Crippen LogP contribution in [0.1, 0.15) is 25.2 Å². The quantitative estimate of drug-likeness (QED) is 0.787. The molecule has 4 rings (SSSR count). The molecule has 0 fully saturated rings. The summed E-state index contributed by atoms with van der Waals surface area (Å²) in [4.78, 5) is 11.0. The highest BCUT2D eigenvalue weighted by molar-refractivity contribution is 5.65. The number of nitrogens with one attached hydrogen (secondary N) is 1. The summed E-state index contributed by atoms with van der Waals surface area (Å²) >= 11 is 0. The summed E-state index contributed by atoms with van der Waals surface area (Å²) in [6.45, 7) is 5.78. The van der Waals surface area contributed by atoms with E-state index in [9.17, 15) is 0 Å². The monoisotopic (exact) mass is 335 g/mol. The molecule has 128 valence electrons. The largest absolute Gasteiger partial charge is 0.368 e. The average Bonchev–Trinajstić information content (AvgIpc) is 3.05. The number of anilines is 2. The van der Waals surface area contributed by atoms with Crippen molar-refractivity contribution in [2.75, 3.05) is 16.8 Å². The molecule has 3 aromatic rings. The smallest absolute Gasteiger partial charge is 0.144 e. The second kappa shape index (κ2) is 6.55. The van der Waals surface area contributed by atoms with Crippen molar-refractivity contribution >= 4 is 11.6 Å². The minimum Gasteiger partial charge on any atom is -0.368 e. The lowest BCUT2D eigenvalue weighted by molar-refractivity contribution is 0.379. The molecule has 2 aromatic heterocycles. The molecule has 0 bridgehead atoms. The van der Waals surface area contributed by atoms with E-state index >= 15 is 0 Å². The van der Waals surface area contributed by atoms with Crippen LogP contribution < -0.4 is 10.2 Å². The van der Waals surface area contributed by atoms with E-state index in [4.69, 9.17) is 4.52 Å². The molecule has 0 amide bonds. The Labute approximate surface area is 146 Å². The number of rotatable bonds is 4. The fourth-order valence-corrected chi connectivity index (χ4v) is 3.12. The molecule has 0 radical (unpaired) electrons. The summed E-state index contributed by atoms with van der Waals surface area (Å²) in [5.41, 5.74) is 3.16. The summed E-state index contributed by atoms with van der Waals surface area (Å²) in [6, 6.07) is 12.5. The first-order valence-corrected chi connectivity index (χ1v) is 8.57. The molecule has 1 aliphatic heterocycles. The maximum absolute atomic E-state index is 5.58. The van der Waals surface area contributed by atoms with Crippen LogP contribution >= 0.6 is 0 Å². The molecule has 0 saturated heterocycles. The van der Waals surface area contributed by atoms with Gasteiger partial charge in [0.2, 0.25) is 0 Å². The first-order valence-electron chi connectivity index (χ1n) is 8.57. The summed E-state index contributed by atoms with van der Waals surface area (Å²) < 4.78 is 5.58. The second-order valence-electron chi connectivity index (χ2n) is 6.53. The first kappa shape index (κ1) is 15.6. The van der Waals surface area contributed by atoms with Crippen molar-refractivity contribution in [2.24, 2.45) is 0 Å². The molecule has 1 aliphatic rings. The van der Waals surface area contributed by atoms with Crippen molar-refractivity contribution in [3.63, 3.8) is 0 Å². The molecule has 3 heterocycles. The Hall–Kier alpha value is -2.89. The molecule has 0 saturated carbocycles. The number of hydrogen-bond acceptors (Lipinski definition) is 6. The lowest BCUT2D eigenvalue weighted by atomic mass is 10.0. The fraction of sp³-hybridized carbons (Fsp3) is 0.316. The van der Waals surface area contributed by atoms with Gasteiger partial charge in [0.05, 0.1) is 6.54 Å². The second-order valence-corrected chi connectivity index (χ2v) is 6.53. The van der Waals surface area contributed by atoms with Crippen molar-refractivity contribution < 1.29 is 4.52 Å². The number of hydrogen-bond donors (Lipinski definition) is 1. The summed E-state index contributed by atoms with van der Waals surface area (Å²) in [6.07, 6.45) is 2.44. The summed E-state index contributed by atoms with van der Waals surface area (Å²) in [7, 11) is 0. The maximum Gasteiger partial charge on any atom is 0.144 e. The molecular weight excluding hydrogens is 314 g/mol. The standard InChI is InChI=1S/C19H21N5O/c1-13(2)22-17-10-18(21-12-20-17)24-9-8-16-15(11-24)19(23-25-16)14-6-4-3-5-7-14/h3-7,10,12-13H,8-9,11H2,1-2H3,(H,20,21,22). The number of aromatic nitrogens is 3. The van der Waals surface area contributed by atoms with Crippen LogP contribution in [0, 0.1) is 0 Å². The molecule has 1 N–H and O–H groups in total. The van der Waals surface area contributed by atoms with Crippen molar-refractivity contribution in [3.8, 4) is 11.3 Å². The van der Waals surface area contributed by atoms with Crippen LogP contribution in [-0.2, 0) is 13.0 Å². The predicted octanol–water partition coefficient (Wildman–Crippen LogP) is 3.51. The van der Waals surface area contributed by atoms with Crippen molar-refractivity contribution in [1.29, 1.82) is 0 Å². The topological polar surface area (TPSA) is 67.1 Å². The number of nitrogens with zero attached hydrogens (tertiary/aromatic N) is 4. The lowest BCUT2D eigenvalue weighted by Gasteiger charge is -2.27. The van der Waals surface area contributed by atoms with Crippen LogP contribution in [0.5, 0.6) is 0 Å². The third-order valence-electron chi connectivity index (χ3n) is 4.29. The van der Waals surface area contributed by atoms with Gasteiger partial charge in [0.1, 0.15) is 29.4 Å². The highest BCUT2D eigenvalue weighted by Crippen LogP contribution is 2.31. The van der Waals surface area contributed by atoms with Gasteiger partial charge in [-0.15, -0.1) is 0 Å². The third kappa shape index (κ3) is 3.20. The van der Waals surface area contributed by atoms with E-state index in [0.29, 0.717) is 6.04 Å². The van der Waals surface area contributed by atoms with Gasteiger partial charge in [0.15, 0.2) is 0 Å². The SMILES string of the molecule is CC(C)Nc1cc(N2CCc3onc(-c4ccccc4)c3C2)ncn1. The Morgan fingerprint density at radius 3 is 2.80 bits per heavy atom. The van der Waals surface area contributed by atoms with Gasteiger partial charge in [-0.2, -0.15) is 0 Å². The fourth-order valence-electron chi connectivity index (χ4n) is 3.12. The molecule has 0 unspecified atom stereocenters. The molecule has 0 atom stereocenters. The average molecular weight is 335 g/mol. The molecule has 1 aromatic carbocycles. The van der Waals surface area contributed by atoms with Gasteiger partial charge in [-0.3, -0.25) is 0 Å². The summed E-state index contributed by atoms with van der Waals surface area (Å²) in [5, 5.41) is 7.63. The maximum atomic E-state index is 5.58. The van der Waals surface area contributed by atoms with Crippen molar-refractivity contribution in [1.82, 2.24) is 15.1 Å². The molecule has 0 aliphatic carbocycles. The van der Waals surface area contributed by atoms with Crippen LogP contribution in [0.15, 0.2) is 47.2 Å². The van der Waals surface area contributed by atoms with Crippen LogP contribution in [0.3, 0.4) is 0 Å². The Bertz CT molecular complexity index is 859. The van der Waals surface area contributed by atoms with E-state index in [1.54, 1.807) is 6.33 Å². The van der Waals surface area contributed by atoms with Gasteiger partial charge >= 0.3 is 0 Å². The lowest BCUT2D eigenvalue weighted by Crippen LogP contribution is -2.30. The minimum absolute atomic E-state index is 0.332. The van der Waals surface area contributed by atoms with Crippen LogP contribution in [0.25, 0.3) is 11.3 Å². The van der Waals surface area contributed by atoms with E-state index in [0.717, 1.165) is 53.7 Å². The van der Waals surface area contributed by atoms with E-state index in [2.05, 4.69) is 51.3 Å². The normalized spacial score (nSPS) is 13.8. The Balaban J connectivity index is 1.62. The van der Waals surface area contributed by atoms with Gasteiger partial charge in [-0.1, -0.05) is 35.5 Å². The predicted molar refractivity (Wildman–Crippen MR) is 97.5 cm³/mol. The van der Waals surface area contributed by atoms with Crippen LogP contribution in [0.4, 0.5) is 11.6 Å². The minimum atomic E-state index is 0.332. The highest BCUT2D eigenvalue weighted by Gasteiger charge is 2.25. The molecule has 6 heteroatoms. The number of fused-ring (bicyclic) bond motifs is 1. The molecule has 6 nitrogen and oxygen atoms in total. The Morgan fingerprint density at radius 2 is 2.00 bits per heavy atom. The highest BCUT2D eigenvalue weighted by atomic mass is 16.5. The van der Waals surface area contributed by atoms with E-state index in [1.165, 1.54) is 0 Å². The van der Waals surface area contributed by atoms with E-state index < -0.39 is 0 Å². The zero-order chi connectivity index (χ0) is 17.2. The van der Waals surface area contributed by atoms with Gasteiger partial charge < -0.3 is 14.7 Å². The molecule has 0 spiro atoms. The zero-order valence-electron chi connectivity index (χ0n) is 14.4. The van der Waals surface area contributed by atoms with Crippen molar-refractivity contribution in [3.05, 3.63) is 54.0 Å². The first-order chi connectivity index (χ1) is 12.2. The van der Waals surface area contributed by atoms with Crippen LogP contribution in [-0.4, -0.2) is 27.7 Å². The third-order valence-corrected chi connectivity index (χ3v) is 4.29. The Kier molecular flexibility index (Phi) is 4.09. The van der Waals surface area contributed by atoms with Gasteiger partial charge in [-0.05, 0) is 13.8 Å². The van der Waals surface area contributed by atoms with Gasteiger partial charge in [0, 0.05) is 36.2 Å². The Morgan fingerprint density at radius 1 is 1.16 bits per heavy atom. The van der Waals surface area contributed by atoms with Gasteiger partial charge in [-0.25, -0.2) is 9.97 Å². The number of benzene rings is 1. The summed E-state index contributed by atoms with van der Waals surface area (Å²) in [5.74, 6) is 2.74. The van der Waals surface area contributed by atoms with Crippen LogP contribution in [0.2, 0.25) is 0 Å².